The summed E-state index contributed by atoms with van der Waals surface area (Å²) in [6.07, 6.45) is 0. The van der Waals surface area contributed by atoms with Crippen molar-refractivity contribution in [3.05, 3.63) is 48.5 Å². The molecule has 0 bridgehead atoms. The maximum atomic E-state index is 11.2. The summed E-state index contributed by atoms with van der Waals surface area (Å²) in [5, 5.41) is 18.1. The maximum absolute atomic E-state index is 11.2. The zero-order valence-electron chi connectivity index (χ0n) is 15.6. The fourth-order valence-corrected chi connectivity index (χ4v) is 4.15. The quantitative estimate of drug-likeness (QED) is 0.631. The van der Waals surface area contributed by atoms with E-state index in [2.05, 4.69) is 26.0 Å². The van der Waals surface area contributed by atoms with Crippen molar-refractivity contribution in [1.29, 1.82) is 0 Å². The number of rotatable bonds is 4. The van der Waals surface area contributed by atoms with Crippen LogP contribution in [-0.2, 0) is 4.79 Å². The van der Waals surface area contributed by atoms with Crippen LogP contribution < -0.4 is 15.5 Å². The number of para-hydroxylation sites is 1. The zero-order valence-corrected chi connectivity index (χ0v) is 16.4. The van der Waals surface area contributed by atoms with Gasteiger partial charge in [0.2, 0.25) is 5.91 Å². The van der Waals surface area contributed by atoms with Gasteiger partial charge in [0.1, 0.15) is 10.8 Å². The molecule has 1 fully saturated rings. The second-order valence-corrected chi connectivity index (χ2v) is 7.53. The largest absolute Gasteiger partial charge is 0.507 e. The number of carbonyl (C=O) groups excluding carboxylic acids is 1. The lowest BCUT2D eigenvalue weighted by atomic mass is 9.99. The molecule has 6 nitrogen and oxygen atoms in total. The van der Waals surface area contributed by atoms with Gasteiger partial charge in [-0.3, -0.25) is 4.79 Å². The average molecular weight is 395 g/mol. The second-order valence-electron chi connectivity index (χ2n) is 6.75. The molecule has 7 heteroatoms. The van der Waals surface area contributed by atoms with Gasteiger partial charge in [0.25, 0.3) is 0 Å². The Morgan fingerprint density at radius 3 is 2.57 bits per heavy atom. The molecule has 4 rings (SSSR count). The summed E-state index contributed by atoms with van der Waals surface area (Å²) in [6, 6.07) is 15.2. The molecule has 1 aliphatic heterocycles. The highest BCUT2D eigenvalue weighted by Gasteiger charge is 2.17. The minimum absolute atomic E-state index is 0.110. The van der Waals surface area contributed by atoms with Gasteiger partial charge in [-0.05, 0) is 35.3 Å². The van der Waals surface area contributed by atoms with Gasteiger partial charge in [-0.1, -0.05) is 24.3 Å². The molecule has 144 valence electrons. The number of aromatic nitrogens is 1. The number of hydrogen-bond donors (Lipinski definition) is 3. The van der Waals surface area contributed by atoms with Crippen LogP contribution in [0.3, 0.4) is 0 Å². The first-order valence-corrected chi connectivity index (χ1v) is 10.0. The van der Waals surface area contributed by atoms with Crippen molar-refractivity contribution in [2.45, 2.75) is 6.92 Å². The SMILES string of the molecule is CC(=O)Nc1ccc(-c2cccc(-c3cc(N4CCNCC4)sn3)c2O)cc1. The molecule has 3 aromatic rings. The zero-order chi connectivity index (χ0) is 19.5. The predicted molar refractivity (Wildman–Crippen MR) is 114 cm³/mol. The van der Waals surface area contributed by atoms with Gasteiger partial charge in [0.05, 0.1) is 5.69 Å². The van der Waals surface area contributed by atoms with Crippen LogP contribution in [0.25, 0.3) is 22.4 Å². The van der Waals surface area contributed by atoms with Gasteiger partial charge in [-0.25, -0.2) is 0 Å². The van der Waals surface area contributed by atoms with Crippen molar-refractivity contribution in [3.8, 4) is 28.1 Å². The predicted octanol–water partition coefficient (Wildman–Crippen LogP) is 3.55. The lowest BCUT2D eigenvalue weighted by molar-refractivity contribution is -0.114. The van der Waals surface area contributed by atoms with E-state index in [1.165, 1.54) is 18.5 Å². The average Bonchev–Trinajstić information content (AvgIpc) is 3.19. The van der Waals surface area contributed by atoms with Gasteiger partial charge < -0.3 is 20.6 Å². The number of amides is 1. The lowest BCUT2D eigenvalue weighted by Gasteiger charge is -2.27. The van der Waals surface area contributed by atoms with Crippen molar-refractivity contribution in [2.75, 3.05) is 36.4 Å². The Labute approximate surface area is 168 Å². The van der Waals surface area contributed by atoms with Gasteiger partial charge in [0, 0.05) is 56.0 Å². The summed E-state index contributed by atoms with van der Waals surface area (Å²) in [4.78, 5) is 13.5. The molecular formula is C21H22N4O2S. The topological polar surface area (TPSA) is 77.5 Å². The number of carbonyl (C=O) groups is 1. The molecule has 0 saturated carbocycles. The van der Waals surface area contributed by atoms with E-state index in [-0.39, 0.29) is 11.7 Å². The number of aromatic hydroxyl groups is 1. The van der Waals surface area contributed by atoms with Gasteiger partial charge in [-0.15, -0.1) is 0 Å². The van der Waals surface area contributed by atoms with Crippen LogP contribution in [0.15, 0.2) is 48.5 Å². The number of phenolic OH excluding ortho intramolecular Hbond substituents is 1. The third kappa shape index (κ3) is 3.85. The van der Waals surface area contributed by atoms with E-state index in [4.69, 9.17) is 0 Å². The fourth-order valence-electron chi connectivity index (χ4n) is 3.35. The van der Waals surface area contributed by atoms with E-state index in [1.54, 1.807) is 0 Å². The molecule has 0 spiro atoms. The van der Waals surface area contributed by atoms with E-state index in [0.717, 1.165) is 59.3 Å². The van der Waals surface area contributed by atoms with Crippen LogP contribution in [0, 0.1) is 0 Å². The van der Waals surface area contributed by atoms with Crippen LogP contribution in [-0.4, -0.2) is 41.6 Å². The Balaban J connectivity index is 1.62. The van der Waals surface area contributed by atoms with Crippen LogP contribution in [0.1, 0.15) is 6.92 Å². The Morgan fingerprint density at radius 2 is 1.86 bits per heavy atom. The van der Waals surface area contributed by atoms with E-state index in [0.29, 0.717) is 0 Å². The molecule has 0 aliphatic carbocycles. The number of phenols is 1. The highest BCUT2D eigenvalue weighted by molar-refractivity contribution is 7.10. The molecule has 28 heavy (non-hydrogen) atoms. The summed E-state index contributed by atoms with van der Waals surface area (Å²) in [5.41, 5.74) is 3.86. The molecule has 2 heterocycles. The van der Waals surface area contributed by atoms with Crippen molar-refractivity contribution in [3.63, 3.8) is 0 Å². The molecule has 1 aromatic heterocycles. The Bertz CT molecular complexity index is 978. The molecule has 2 aromatic carbocycles. The third-order valence-electron chi connectivity index (χ3n) is 4.75. The number of anilines is 2. The first kappa shape index (κ1) is 18.5. The normalized spacial score (nSPS) is 14.1. The first-order valence-electron chi connectivity index (χ1n) is 9.24. The lowest BCUT2D eigenvalue weighted by Crippen LogP contribution is -2.43. The molecule has 0 atom stereocenters. The van der Waals surface area contributed by atoms with Crippen molar-refractivity contribution < 1.29 is 9.90 Å². The van der Waals surface area contributed by atoms with Crippen molar-refractivity contribution in [1.82, 2.24) is 9.69 Å². The van der Waals surface area contributed by atoms with Crippen LogP contribution in [0.4, 0.5) is 10.7 Å². The number of hydrogen-bond acceptors (Lipinski definition) is 6. The smallest absolute Gasteiger partial charge is 0.221 e. The molecule has 0 unspecified atom stereocenters. The summed E-state index contributed by atoms with van der Waals surface area (Å²) in [6.45, 7) is 5.36. The Hall–Kier alpha value is -2.90. The number of nitrogens with zero attached hydrogens (tertiary/aromatic N) is 2. The second kappa shape index (κ2) is 8.00. The summed E-state index contributed by atoms with van der Waals surface area (Å²) >= 11 is 1.47. The number of piperazine rings is 1. The van der Waals surface area contributed by atoms with Gasteiger partial charge >= 0.3 is 0 Å². The van der Waals surface area contributed by atoms with E-state index >= 15 is 0 Å². The van der Waals surface area contributed by atoms with Crippen molar-refractivity contribution >= 4 is 28.1 Å². The van der Waals surface area contributed by atoms with Crippen LogP contribution in [0.5, 0.6) is 5.75 Å². The number of benzene rings is 2. The van der Waals surface area contributed by atoms with Gasteiger partial charge in [0.15, 0.2) is 0 Å². The highest BCUT2D eigenvalue weighted by Crippen LogP contribution is 2.39. The monoisotopic (exact) mass is 394 g/mol. The molecular weight excluding hydrogens is 372 g/mol. The standard InChI is InChI=1S/C21H22N4O2S/c1-14(26)23-16-7-5-15(6-8-16)17-3-2-4-18(21(17)27)19-13-20(28-24-19)25-11-9-22-10-12-25/h2-8,13,22,27H,9-12H2,1H3,(H,23,26). The highest BCUT2D eigenvalue weighted by atomic mass is 32.1. The summed E-state index contributed by atoms with van der Waals surface area (Å²) < 4.78 is 4.58. The molecule has 1 amide bonds. The van der Waals surface area contributed by atoms with E-state index in [1.807, 2.05) is 42.5 Å². The third-order valence-corrected chi connectivity index (χ3v) is 5.61. The molecule has 1 saturated heterocycles. The van der Waals surface area contributed by atoms with Gasteiger partial charge in [-0.2, -0.15) is 4.37 Å². The minimum Gasteiger partial charge on any atom is -0.507 e. The van der Waals surface area contributed by atoms with Crippen LogP contribution in [0.2, 0.25) is 0 Å². The molecule has 1 aliphatic rings. The van der Waals surface area contributed by atoms with E-state index in [9.17, 15) is 9.90 Å². The molecule has 3 N–H and O–H groups in total. The summed E-state index contributed by atoms with van der Waals surface area (Å²) in [7, 11) is 0. The van der Waals surface area contributed by atoms with Crippen LogP contribution >= 0.6 is 11.5 Å². The Morgan fingerprint density at radius 1 is 1.14 bits per heavy atom. The summed E-state index contributed by atoms with van der Waals surface area (Å²) in [5.74, 6) is 0.105. The number of nitrogens with one attached hydrogen (secondary N) is 2. The Kier molecular flexibility index (Phi) is 5.27. The molecule has 0 radical (unpaired) electrons. The first-order chi connectivity index (χ1) is 13.6. The van der Waals surface area contributed by atoms with E-state index < -0.39 is 0 Å². The van der Waals surface area contributed by atoms with Crippen molar-refractivity contribution in [2.24, 2.45) is 0 Å². The maximum Gasteiger partial charge on any atom is 0.221 e. The fraction of sp³-hybridized carbons (Fsp3) is 0.238. The minimum atomic E-state index is -0.110.